The van der Waals surface area contributed by atoms with Gasteiger partial charge in [-0.05, 0) is 19.3 Å². The first kappa shape index (κ1) is 11.6. The van der Waals surface area contributed by atoms with E-state index in [9.17, 15) is 9.59 Å². The average molecular weight is 209 g/mol. The Morgan fingerprint density at radius 1 is 1.60 bits per heavy atom. The molecular weight excluding hydrogens is 194 g/mol. The number of aliphatic carboxylic acids is 1. The SMILES string of the molecule is C#CC(CC)NC(=O)C1(C(=O)O)CCC1. The summed E-state index contributed by atoms with van der Waals surface area (Å²) in [6, 6.07) is -0.366. The third kappa shape index (κ3) is 1.96. The fraction of sp³-hybridized carbons (Fsp3) is 0.636. The van der Waals surface area contributed by atoms with Crippen LogP contribution in [0.15, 0.2) is 0 Å². The summed E-state index contributed by atoms with van der Waals surface area (Å²) in [5, 5.41) is 11.6. The molecule has 1 atom stereocenters. The minimum atomic E-state index is -1.22. The molecule has 0 aromatic heterocycles. The van der Waals surface area contributed by atoms with E-state index in [1.165, 1.54) is 0 Å². The van der Waals surface area contributed by atoms with Crippen molar-refractivity contribution in [2.75, 3.05) is 0 Å². The molecule has 1 unspecified atom stereocenters. The van der Waals surface area contributed by atoms with Gasteiger partial charge in [0.05, 0.1) is 6.04 Å². The van der Waals surface area contributed by atoms with E-state index in [4.69, 9.17) is 11.5 Å². The zero-order valence-corrected chi connectivity index (χ0v) is 8.75. The van der Waals surface area contributed by atoms with Crippen molar-refractivity contribution < 1.29 is 14.7 Å². The van der Waals surface area contributed by atoms with Gasteiger partial charge >= 0.3 is 5.97 Å². The van der Waals surface area contributed by atoms with Crippen LogP contribution in [0.2, 0.25) is 0 Å². The number of terminal acetylenes is 1. The lowest BCUT2D eigenvalue weighted by Gasteiger charge is -2.36. The van der Waals surface area contributed by atoms with Crippen molar-refractivity contribution in [2.24, 2.45) is 5.41 Å². The summed E-state index contributed by atoms with van der Waals surface area (Å²) in [6.07, 6.45) is 7.42. The van der Waals surface area contributed by atoms with Crippen molar-refractivity contribution in [2.45, 2.75) is 38.6 Å². The molecule has 82 valence electrons. The molecule has 0 heterocycles. The molecule has 1 fully saturated rings. The van der Waals surface area contributed by atoms with E-state index in [0.717, 1.165) is 6.42 Å². The molecule has 1 aliphatic carbocycles. The fourth-order valence-electron chi connectivity index (χ4n) is 1.63. The predicted octanol–water partition coefficient (Wildman–Crippen LogP) is 0.769. The molecule has 0 aromatic carbocycles. The normalized spacial score (nSPS) is 19.5. The van der Waals surface area contributed by atoms with Crippen LogP contribution >= 0.6 is 0 Å². The summed E-state index contributed by atoms with van der Waals surface area (Å²) in [5.74, 6) is 0.935. The second kappa shape index (κ2) is 4.35. The third-order valence-corrected chi connectivity index (χ3v) is 2.97. The molecule has 1 saturated carbocycles. The summed E-state index contributed by atoms with van der Waals surface area (Å²) in [5.41, 5.74) is -1.22. The van der Waals surface area contributed by atoms with Gasteiger partial charge in [-0.25, -0.2) is 0 Å². The van der Waals surface area contributed by atoms with Gasteiger partial charge in [0.15, 0.2) is 0 Å². The number of hydrogen-bond donors (Lipinski definition) is 2. The average Bonchev–Trinajstić information content (AvgIpc) is 2.11. The van der Waals surface area contributed by atoms with E-state index in [1.54, 1.807) is 0 Å². The molecular formula is C11H15NO3. The predicted molar refractivity (Wildman–Crippen MR) is 55.0 cm³/mol. The first-order chi connectivity index (χ1) is 7.06. The van der Waals surface area contributed by atoms with Crippen LogP contribution in [0, 0.1) is 17.8 Å². The van der Waals surface area contributed by atoms with Gasteiger partial charge in [0.1, 0.15) is 5.41 Å². The Hall–Kier alpha value is -1.50. The Morgan fingerprint density at radius 2 is 2.20 bits per heavy atom. The minimum absolute atomic E-state index is 0.366. The van der Waals surface area contributed by atoms with E-state index >= 15 is 0 Å². The highest BCUT2D eigenvalue weighted by atomic mass is 16.4. The maximum atomic E-state index is 11.7. The first-order valence-electron chi connectivity index (χ1n) is 5.07. The van der Waals surface area contributed by atoms with E-state index in [-0.39, 0.29) is 6.04 Å². The van der Waals surface area contributed by atoms with Crippen molar-refractivity contribution in [3.63, 3.8) is 0 Å². The number of amides is 1. The van der Waals surface area contributed by atoms with Crippen LogP contribution in [0.5, 0.6) is 0 Å². The molecule has 0 aromatic rings. The topological polar surface area (TPSA) is 66.4 Å². The molecule has 4 heteroatoms. The summed E-state index contributed by atoms with van der Waals surface area (Å²) in [4.78, 5) is 22.7. The van der Waals surface area contributed by atoms with Gasteiger partial charge in [-0.2, -0.15) is 0 Å². The van der Waals surface area contributed by atoms with Gasteiger partial charge in [0.25, 0.3) is 0 Å². The lowest BCUT2D eigenvalue weighted by molar-refractivity contribution is -0.162. The van der Waals surface area contributed by atoms with Gasteiger partial charge < -0.3 is 10.4 Å². The molecule has 0 aliphatic heterocycles. The summed E-state index contributed by atoms with van der Waals surface area (Å²) >= 11 is 0. The van der Waals surface area contributed by atoms with Crippen molar-refractivity contribution in [1.29, 1.82) is 0 Å². The Bertz CT molecular complexity index is 312. The first-order valence-corrected chi connectivity index (χ1v) is 5.07. The molecule has 0 saturated heterocycles. The van der Waals surface area contributed by atoms with Crippen molar-refractivity contribution in [3.8, 4) is 12.3 Å². The molecule has 1 amide bonds. The van der Waals surface area contributed by atoms with Crippen LogP contribution < -0.4 is 5.32 Å². The lowest BCUT2D eigenvalue weighted by atomic mass is 9.68. The Labute approximate surface area is 89.0 Å². The van der Waals surface area contributed by atoms with Gasteiger partial charge in [0, 0.05) is 0 Å². The molecule has 0 spiro atoms. The van der Waals surface area contributed by atoms with Crippen LogP contribution in [-0.2, 0) is 9.59 Å². The smallest absolute Gasteiger partial charge is 0.319 e. The lowest BCUT2D eigenvalue weighted by Crippen LogP contribution is -2.53. The van der Waals surface area contributed by atoms with E-state index in [1.807, 2.05) is 6.92 Å². The summed E-state index contributed by atoms with van der Waals surface area (Å²) in [6.45, 7) is 1.85. The Kier molecular flexibility index (Phi) is 3.35. The van der Waals surface area contributed by atoms with Gasteiger partial charge in [-0.15, -0.1) is 6.42 Å². The minimum Gasteiger partial charge on any atom is -0.480 e. The Balaban J connectivity index is 2.67. The second-order valence-electron chi connectivity index (χ2n) is 3.84. The number of nitrogens with one attached hydrogen (secondary N) is 1. The summed E-state index contributed by atoms with van der Waals surface area (Å²) < 4.78 is 0. The van der Waals surface area contributed by atoms with Gasteiger partial charge in [-0.1, -0.05) is 19.3 Å². The third-order valence-electron chi connectivity index (χ3n) is 2.97. The van der Waals surface area contributed by atoms with Gasteiger partial charge in [0.2, 0.25) is 5.91 Å². The van der Waals surface area contributed by atoms with E-state index in [2.05, 4.69) is 11.2 Å². The van der Waals surface area contributed by atoms with Crippen molar-refractivity contribution >= 4 is 11.9 Å². The van der Waals surface area contributed by atoms with Crippen LogP contribution in [0.25, 0.3) is 0 Å². The highest BCUT2D eigenvalue weighted by molar-refractivity contribution is 6.03. The molecule has 0 bridgehead atoms. The molecule has 0 radical (unpaired) electrons. The van der Waals surface area contributed by atoms with Gasteiger partial charge in [-0.3, -0.25) is 9.59 Å². The molecule has 1 rings (SSSR count). The second-order valence-corrected chi connectivity index (χ2v) is 3.84. The number of carbonyl (C=O) groups excluding carboxylic acids is 1. The van der Waals surface area contributed by atoms with Crippen LogP contribution in [0.3, 0.4) is 0 Å². The molecule has 15 heavy (non-hydrogen) atoms. The largest absolute Gasteiger partial charge is 0.480 e. The zero-order valence-electron chi connectivity index (χ0n) is 8.75. The standard InChI is InChI=1S/C11H15NO3/c1-3-8(4-2)12-9(13)11(10(14)15)6-5-7-11/h1,8H,4-7H2,2H3,(H,12,13)(H,14,15). The molecule has 1 aliphatic rings. The molecule has 2 N–H and O–H groups in total. The van der Waals surface area contributed by atoms with Crippen LogP contribution in [0.4, 0.5) is 0 Å². The molecule has 4 nitrogen and oxygen atoms in total. The Morgan fingerprint density at radius 3 is 2.47 bits per heavy atom. The number of carboxylic acid groups (broad SMARTS) is 1. The number of carboxylic acids is 1. The van der Waals surface area contributed by atoms with E-state index < -0.39 is 17.3 Å². The quantitative estimate of drug-likeness (QED) is 0.531. The number of rotatable bonds is 4. The fourth-order valence-corrected chi connectivity index (χ4v) is 1.63. The number of carbonyl (C=O) groups is 2. The highest BCUT2D eigenvalue weighted by Crippen LogP contribution is 2.41. The highest BCUT2D eigenvalue weighted by Gasteiger charge is 2.51. The maximum Gasteiger partial charge on any atom is 0.319 e. The zero-order chi connectivity index (χ0) is 11.5. The van der Waals surface area contributed by atoms with E-state index in [0.29, 0.717) is 19.3 Å². The van der Waals surface area contributed by atoms with Crippen LogP contribution in [0.1, 0.15) is 32.6 Å². The summed E-state index contributed by atoms with van der Waals surface area (Å²) in [7, 11) is 0. The monoisotopic (exact) mass is 209 g/mol. The van der Waals surface area contributed by atoms with Crippen molar-refractivity contribution in [3.05, 3.63) is 0 Å². The van der Waals surface area contributed by atoms with Crippen LogP contribution in [-0.4, -0.2) is 23.0 Å². The van der Waals surface area contributed by atoms with Crippen molar-refractivity contribution in [1.82, 2.24) is 5.32 Å². The maximum absolute atomic E-state index is 11.7. The number of hydrogen-bond acceptors (Lipinski definition) is 2.